The molecular weight excluding hydrogens is 566 g/mol. The summed E-state index contributed by atoms with van der Waals surface area (Å²) in [5.74, 6) is -0.0222. The van der Waals surface area contributed by atoms with E-state index in [0.29, 0.717) is 32.6 Å². The van der Waals surface area contributed by atoms with Crippen molar-refractivity contribution in [2.45, 2.75) is 62.8 Å². The van der Waals surface area contributed by atoms with Crippen LogP contribution in [0.15, 0.2) is 67.0 Å². The second-order valence-corrected chi connectivity index (χ2v) is 12.0. The van der Waals surface area contributed by atoms with E-state index in [2.05, 4.69) is 27.3 Å². The molecule has 5 atom stereocenters. The van der Waals surface area contributed by atoms with Gasteiger partial charge in [-0.3, -0.25) is 9.78 Å². The molecule has 0 bridgehead atoms. The molecule has 0 unspecified atom stereocenters. The van der Waals surface area contributed by atoms with E-state index in [0.717, 1.165) is 40.9 Å². The number of carbonyl (C=O) groups excluding carboxylic acids is 1. The Kier molecular flexibility index (Phi) is 12.5. The number of thioether (sulfide) groups is 1. The molecule has 9 nitrogen and oxygen atoms in total. The minimum absolute atomic E-state index is 0.0222. The molecule has 1 aromatic heterocycles. The Morgan fingerprint density at radius 2 is 1.72 bits per heavy atom. The van der Waals surface area contributed by atoms with Crippen LogP contribution in [0.3, 0.4) is 0 Å². The average Bonchev–Trinajstić information content (AvgIpc) is 3.01. The van der Waals surface area contributed by atoms with E-state index < -0.39 is 29.9 Å². The highest BCUT2D eigenvalue weighted by Gasteiger charge is 2.44. The number of hydrogen-bond donors (Lipinski definition) is 4. The van der Waals surface area contributed by atoms with Crippen LogP contribution in [0.5, 0.6) is 0 Å². The number of likely N-dealkylation sites (N-methyl/N-ethyl adjacent to an activating group) is 1. The van der Waals surface area contributed by atoms with E-state index in [9.17, 15) is 20.1 Å². The van der Waals surface area contributed by atoms with E-state index in [1.54, 1.807) is 18.6 Å². The van der Waals surface area contributed by atoms with Crippen LogP contribution in [0.1, 0.15) is 45.9 Å². The van der Waals surface area contributed by atoms with Crippen molar-refractivity contribution in [1.82, 2.24) is 15.2 Å². The van der Waals surface area contributed by atoms with Crippen LogP contribution in [0.4, 0.5) is 0 Å². The van der Waals surface area contributed by atoms with Crippen LogP contribution in [-0.4, -0.2) is 87.9 Å². The largest absolute Gasteiger partial charge is 0.387 e. The van der Waals surface area contributed by atoms with Crippen molar-refractivity contribution in [2.24, 2.45) is 0 Å². The maximum Gasteiger partial charge on any atom is 0.222 e. The first kappa shape index (κ1) is 33.1. The number of carbonyl (C=O) groups is 1. The molecule has 4 N–H and O–H groups in total. The van der Waals surface area contributed by atoms with Gasteiger partial charge < -0.3 is 35.0 Å². The van der Waals surface area contributed by atoms with Crippen LogP contribution in [0.25, 0.3) is 0 Å². The van der Waals surface area contributed by atoms with Gasteiger partial charge in [0.05, 0.1) is 13.2 Å². The van der Waals surface area contributed by atoms with Crippen LogP contribution in [-0.2, 0) is 33.8 Å². The highest BCUT2D eigenvalue weighted by atomic mass is 32.2. The van der Waals surface area contributed by atoms with E-state index in [1.807, 2.05) is 56.4 Å². The SMILES string of the molecule is CS[C@H]1O[C@@H](c2ccc(C)c(Cc3ccc(COCCC(=O)NCCN(C)Cc4ccncc4)cc3)c2)[C@H](O)[C@@H](O)[C@@H]1O. The molecule has 0 saturated carbocycles. The number of aliphatic hydroxyl groups is 3. The third-order valence-corrected chi connectivity index (χ3v) is 8.54. The molecule has 43 heavy (non-hydrogen) atoms. The molecule has 1 fully saturated rings. The van der Waals surface area contributed by atoms with Gasteiger partial charge in [0.15, 0.2) is 0 Å². The Morgan fingerprint density at radius 1 is 1.00 bits per heavy atom. The maximum absolute atomic E-state index is 12.2. The van der Waals surface area contributed by atoms with Crippen molar-refractivity contribution < 1.29 is 29.6 Å². The zero-order valence-electron chi connectivity index (χ0n) is 25.1. The van der Waals surface area contributed by atoms with Gasteiger partial charge in [0.2, 0.25) is 5.91 Å². The molecule has 1 saturated heterocycles. The van der Waals surface area contributed by atoms with Gasteiger partial charge in [-0.05, 0) is 72.2 Å². The molecule has 1 aliphatic rings. The molecular formula is C33H43N3O6S. The Bertz CT molecular complexity index is 1290. The van der Waals surface area contributed by atoms with Crippen molar-refractivity contribution in [3.8, 4) is 0 Å². The Morgan fingerprint density at radius 3 is 2.44 bits per heavy atom. The van der Waals surface area contributed by atoms with Crippen LogP contribution in [0, 0.1) is 6.92 Å². The predicted octanol–water partition coefficient (Wildman–Crippen LogP) is 2.98. The van der Waals surface area contributed by atoms with Gasteiger partial charge in [-0.2, -0.15) is 0 Å². The van der Waals surface area contributed by atoms with Crippen LogP contribution >= 0.6 is 11.8 Å². The number of aryl methyl sites for hydroxylation is 1. The lowest BCUT2D eigenvalue weighted by Crippen LogP contribution is -2.52. The minimum Gasteiger partial charge on any atom is -0.387 e. The predicted molar refractivity (Wildman–Crippen MR) is 167 cm³/mol. The summed E-state index contributed by atoms with van der Waals surface area (Å²) < 4.78 is 11.7. The van der Waals surface area contributed by atoms with Crippen molar-refractivity contribution in [1.29, 1.82) is 0 Å². The second-order valence-electron chi connectivity index (χ2n) is 11.1. The Labute approximate surface area is 258 Å². The molecule has 0 spiro atoms. The highest BCUT2D eigenvalue weighted by molar-refractivity contribution is 7.99. The number of benzene rings is 2. The fourth-order valence-corrected chi connectivity index (χ4v) is 5.73. The van der Waals surface area contributed by atoms with Crippen molar-refractivity contribution in [2.75, 3.05) is 33.0 Å². The number of aromatic nitrogens is 1. The van der Waals surface area contributed by atoms with E-state index in [1.165, 1.54) is 17.3 Å². The first-order chi connectivity index (χ1) is 20.7. The molecule has 1 amide bonds. The number of hydrogen-bond acceptors (Lipinski definition) is 9. The average molecular weight is 610 g/mol. The lowest BCUT2D eigenvalue weighted by atomic mass is 9.91. The highest BCUT2D eigenvalue weighted by Crippen LogP contribution is 2.36. The third-order valence-electron chi connectivity index (χ3n) is 7.68. The molecule has 2 heterocycles. The third kappa shape index (κ3) is 9.58. The molecule has 1 aliphatic heterocycles. The molecule has 2 aromatic carbocycles. The van der Waals surface area contributed by atoms with Gasteiger partial charge in [0.25, 0.3) is 0 Å². The summed E-state index contributed by atoms with van der Waals surface area (Å²) in [4.78, 5) is 18.4. The summed E-state index contributed by atoms with van der Waals surface area (Å²) in [5.41, 5.74) is 5.70. The van der Waals surface area contributed by atoms with E-state index in [-0.39, 0.29) is 5.91 Å². The fourth-order valence-electron chi connectivity index (χ4n) is 5.06. The normalized spacial score (nSPS) is 22.1. The molecule has 3 aromatic rings. The van der Waals surface area contributed by atoms with Gasteiger partial charge in [-0.15, -0.1) is 11.8 Å². The standard InChI is InChI=1S/C33H43N3O6S/c1-22-4-9-26(32-30(39)29(38)31(40)33(42-32)43-3)19-27(22)18-23-5-7-25(8-6-23)21-41-17-12-28(37)35-15-16-36(2)20-24-10-13-34-14-11-24/h4-11,13-14,19,29-33,38-40H,12,15-18,20-21H2,1-3H3,(H,35,37)/t29-,30-,31+,32+,33-/m1/s1. The molecule has 0 radical (unpaired) electrons. The number of nitrogens with one attached hydrogen (secondary N) is 1. The molecule has 10 heteroatoms. The molecule has 4 rings (SSSR count). The summed E-state index contributed by atoms with van der Waals surface area (Å²) in [7, 11) is 2.02. The van der Waals surface area contributed by atoms with Crippen LogP contribution in [0.2, 0.25) is 0 Å². The number of amides is 1. The topological polar surface area (TPSA) is 124 Å². The van der Waals surface area contributed by atoms with Gasteiger partial charge in [-0.25, -0.2) is 0 Å². The molecule has 232 valence electrons. The second kappa shape index (κ2) is 16.3. The summed E-state index contributed by atoms with van der Waals surface area (Å²) >= 11 is 1.31. The quantitative estimate of drug-likeness (QED) is 0.204. The number of rotatable bonds is 14. The summed E-state index contributed by atoms with van der Waals surface area (Å²) in [6, 6.07) is 18.1. The van der Waals surface area contributed by atoms with Gasteiger partial charge >= 0.3 is 0 Å². The lowest BCUT2D eigenvalue weighted by Gasteiger charge is -2.40. The zero-order chi connectivity index (χ0) is 30.8. The van der Waals surface area contributed by atoms with Crippen molar-refractivity contribution in [3.63, 3.8) is 0 Å². The first-order valence-electron chi connectivity index (χ1n) is 14.6. The maximum atomic E-state index is 12.2. The number of aliphatic hydroxyl groups excluding tert-OH is 3. The fraction of sp³-hybridized carbons (Fsp3) is 0.455. The monoisotopic (exact) mass is 609 g/mol. The van der Waals surface area contributed by atoms with Crippen molar-refractivity contribution >= 4 is 17.7 Å². The number of ether oxygens (including phenoxy) is 2. The van der Waals surface area contributed by atoms with E-state index in [4.69, 9.17) is 9.47 Å². The van der Waals surface area contributed by atoms with E-state index >= 15 is 0 Å². The number of pyridine rings is 1. The Hall–Kier alpha value is -2.83. The molecule has 0 aliphatic carbocycles. The van der Waals surface area contributed by atoms with Gasteiger partial charge in [0.1, 0.15) is 29.9 Å². The van der Waals surface area contributed by atoms with Gasteiger partial charge in [0, 0.05) is 38.4 Å². The summed E-state index contributed by atoms with van der Waals surface area (Å²) in [5, 5.41) is 34.1. The van der Waals surface area contributed by atoms with Gasteiger partial charge in [-0.1, -0.05) is 42.5 Å². The number of nitrogens with zero attached hydrogens (tertiary/aromatic N) is 2. The Balaban J connectivity index is 1.19. The van der Waals surface area contributed by atoms with Crippen molar-refractivity contribution in [3.05, 3.63) is 100 Å². The summed E-state index contributed by atoms with van der Waals surface area (Å²) in [6.45, 7) is 4.97. The summed E-state index contributed by atoms with van der Waals surface area (Å²) in [6.07, 6.45) is 2.00. The van der Waals surface area contributed by atoms with Crippen LogP contribution < -0.4 is 5.32 Å². The lowest BCUT2D eigenvalue weighted by molar-refractivity contribution is -0.200. The zero-order valence-corrected chi connectivity index (χ0v) is 25.9. The minimum atomic E-state index is -1.28. The smallest absolute Gasteiger partial charge is 0.222 e. The first-order valence-corrected chi connectivity index (χ1v) is 15.9.